The van der Waals surface area contributed by atoms with Crippen molar-refractivity contribution in [3.05, 3.63) is 12.2 Å². The van der Waals surface area contributed by atoms with E-state index in [0.717, 1.165) is 6.92 Å². The first kappa shape index (κ1) is 14.5. The summed E-state index contributed by atoms with van der Waals surface area (Å²) in [4.78, 5) is 21.8. The number of ether oxygens (including phenoxy) is 2. The van der Waals surface area contributed by atoms with E-state index in [1.54, 1.807) is 0 Å². The Morgan fingerprint density at radius 1 is 1.44 bits per heavy atom. The first-order chi connectivity index (χ1) is 7.14. The van der Waals surface area contributed by atoms with Gasteiger partial charge in [0, 0.05) is 12.5 Å². The Morgan fingerprint density at radius 2 is 1.94 bits per heavy atom. The second-order valence-corrected chi connectivity index (χ2v) is 3.44. The molecule has 0 N–H and O–H groups in total. The molecule has 0 spiro atoms. The van der Waals surface area contributed by atoms with Crippen molar-refractivity contribution < 1.29 is 27.8 Å². The van der Waals surface area contributed by atoms with E-state index >= 15 is 0 Å². The van der Waals surface area contributed by atoms with Crippen LogP contribution in [0.25, 0.3) is 0 Å². The summed E-state index contributed by atoms with van der Waals surface area (Å²) < 4.78 is 34.0. The SMILES string of the molecule is C=C(C)C(=O)OCC(=O)OC(C)C(C)(F)F. The lowest BCUT2D eigenvalue weighted by Gasteiger charge is -2.19. The monoisotopic (exact) mass is 236 g/mol. The molecule has 0 aliphatic carbocycles. The summed E-state index contributed by atoms with van der Waals surface area (Å²) in [5.41, 5.74) is 0.113. The summed E-state index contributed by atoms with van der Waals surface area (Å²) in [5.74, 6) is -4.93. The molecular weight excluding hydrogens is 222 g/mol. The molecule has 4 nitrogen and oxygen atoms in total. The molecule has 0 fully saturated rings. The van der Waals surface area contributed by atoms with Gasteiger partial charge in [-0.05, 0) is 13.8 Å². The van der Waals surface area contributed by atoms with Crippen LogP contribution in [-0.4, -0.2) is 30.6 Å². The molecular formula is C10H14F2O4. The zero-order valence-electron chi connectivity index (χ0n) is 9.38. The first-order valence-electron chi connectivity index (χ1n) is 4.54. The number of alkyl halides is 2. The summed E-state index contributed by atoms with van der Waals surface area (Å²) >= 11 is 0. The quantitative estimate of drug-likeness (QED) is 0.538. The lowest BCUT2D eigenvalue weighted by atomic mass is 10.2. The molecule has 0 amide bonds. The predicted octanol–water partition coefficient (Wildman–Crippen LogP) is 1.69. The number of hydrogen-bond donors (Lipinski definition) is 0. The number of rotatable bonds is 5. The highest BCUT2D eigenvalue weighted by atomic mass is 19.3. The van der Waals surface area contributed by atoms with E-state index in [2.05, 4.69) is 16.1 Å². The van der Waals surface area contributed by atoms with Crippen molar-refractivity contribution in [3.63, 3.8) is 0 Å². The molecule has 0 aromatic carbocycles. The average Bonchev–Trinajstić information content (AvgIpc) is 2.12. The molecule has 1 unspecified atom stereocenters. The molecule has 0 saturated heterocycles. The normalized spacial score (nSPS) is 12.8. The summed E-state index contributed by atoms with van der Waals surface area (Å²) in [5, 5.41) is 0. The van der Waals surface area contributed by atoms with Gasteiger partial charge in [-0.3, -0.25) is 0 Å². The van der Waals surface area contributed by atoms with E-state index in [1.807, 2.05) is 0 Å². The van der Waals surface area contributed by atoms with E-state index in [9.17, 15) is 18.4 Å². The van der Waals surface area contributed by atoms with Crippen LogP contribution in [0.5, 0.6) is 0 Å². The Bertz CT molecular complexity index is 294. The van der Waals surface area contributed by atoms with Crippen molar-refractivity contribution in [2.75, 3.05) is 6.61 Å². The molecule has 0 aromatic heterocycles. The summed E-state index contributed by atoms with van der Waals surface area (Å²) in [7, 11) is 0. The highest BCUT2D eigenvalue weighted by Crippen LogP contribution is 2.19. The van der Waals surface area contributed by atoms with Crippen molar-refractivity contribution in [2.24, 2.45) is 0 Å². The number of carbonyl (C=O) groups is 2. The van der Waals surface area contributed by atoms with Gasteiger partial charge in [0.15, 0.2) is 12.7 Å². The van der Waals surface area contributed by atoms with Gasteiger partial charge in [-0.15, -0.1) is 0 Å². The zero-order valence-corrected chi connectivity index (χ0v) is 9.38. The number of hydrogen-bond acceptors (Lipinski definition) is 4. The minimum Gasteiger partial charge on any atom is -0.454 e. The van der Waals surface area contributed by atoms with Crippen molar-refractivity contribution in [1.29, 1.82) is 0 Å². The lowest BCUT2D eigenvalue weighted by Crippen LogP contribution is -2.33. The lowest BCUT2D eigenvalue weighted by molar-refractivity contribution is -0.174. The highest BCUT2D eigenvalue weighted by Gasteiger charge is 2.33. The third-order valence-electron chi connectivity index (χ3n) is 1.69. The van der Waals surface area contributed by atoms with Gasteiger partial charge in [-0.1, -0.05) is 6.58 Å². The van der Waals surface area contributed by atoms with E-state index in [-0.39, 0.29) is 5.57 Å². The van der Waals surface area contributed by atoms with Gasteiger partial charge in [0.2, 0.25) is 0 Å². The minimum atomic E-state index is -3.13. The average molecular weight is 236 g/mol. The molecule has 6 heteroatoms. The first-order valence-corrected chi connectivity index (χ1v) is 4.54. The van der Waals surface area contributed by atoms with Gasteiger partial charge >= 0.3 is 11.9 Å². The fraction of sp³-hybridized carbons (Fsp3) is 0.600. The zero-order chi connectivity index (χ0) is 12.9. The fourth-order valence-electron chi connectivity index (χ4n) is 0.582. The van der Waals surface area contributed by atoms with Crippen LogP contribution in [0.4, 0.5) is 8.78 Å². The van der Waals surface area contributed by atoms with E-state index in [0.29, 0.717) is 6.92 Å². The number of carbonyl (C=O) groups excluding carboxylic acids is 2. The number of esters is 2. The molecule has 0 aliphatic rings. The van der Waals surface area contributed by atoms with Gasteiger partial charge in [0.1, 0.15) is 0 Å². The molecule has 92 valence electrons. The van der Waals surface area contributed by atoms with Gasteiger partial charge < -0.3 is 9.47 Å². The third-order valence-corrected chi connectivity index (χ3v) is 1.69. The van der Waals surface area contributed by atoms with Crippen LogP contribution in [-0.2, 0) is 19.1 Å². The van der Waals surface area contributed by atoms with Gasteiger partial charge in [-0.25, -0.2) is 18.4 Å². The minimum absolute atomic E-state index is 0.113. The molecule has 0 heterocycles. The van der Waals surface area contributed by atoms with E-state index in [1.165, 1.54) is 6.92 Å². The largest absolute Gasteiger partial charge is 0.454 e. The molecule has 0 radical (unpaired) electrons. The second kappa shape index (κ2) is 5.58. The van der Waals surface area contributed by atoms with Crippen molar-refractivity contribution in [1.82, 2.24) is 0 Å². The Morgan fingerprint density at radius 3 is 2.31 bits per heavy atom. The van der Waals surface area contributed by atoms with E-state index < -0.39 is 30.6 Å². The molecule has 1 atom stereocenters. The van der Waals surface area contributed by atoms with Crippen LogP contribution in [0, 0.1) is 0 Å². The maximum absolute atomic E-state index is 12.6. The Kier molecular flexibility index (Phi) is 5.07. The summed E-state index contributed by atoms with van der Waals surface area (Å²) in [6, 6.07) is 0. The fourth-order valence-corrected chi connectivity index (χ4v) is 0.582. The van der Waals surface area contributed by atoms with E-state index in [4.69, 9.17) is 0 Å². The van der Waals surface area contributed by atoms with Crippen molar-refractivity contribution in [2.45, 2.75) is 32.8 Å². The van der Waals surface area contributed by atoms with Crippen LogP contribution in [0.1, 0.15) is 20.8 Å². The maximum Gasteiger partial charge on any atom is 0.344 e. The smallest absolute Gasteiger partial charge is 0.344 e. The maximum atomic E-state index is 12.6. The van der Waals surface area contributed by atoms with Crippen LogP contribution < -0.4 is 0 Å². The van der Waals surface area contributed by atoms with Crippen LogP contribution >= 0.6 is 0 Å². The topological polar surface area (TPSA) is 52.6 Å². The summed E-state index contributed by atoms with van der Waals surface area (Å²) in [6.45, 7) is 5.67. The second-order valence-electron chi connectivity index (χ2n) is 3.44. The van der Waals surface area contributed by atoms with Gasteiger partial charge in [0.05, 0.1) is 0 Å². The highest BCUT2D eigenvalue weighted by molar-refractivity contribution is 5.88. The van der Waals surface area contributed by atoms with Crippen LogP contribution in [0.15, 0.2) is 12.2 Å². The van der Waals surface area contributed by atoms with Crippen LogP contribution in [0.2, 0.25) is 0 Å². The molecule has 0 bridgehead atoms. The van der Waals surface area contributed by atoms with Crippen molar-refractivity contribution in [3.8, 4) is 0 Å². The Hall–Kier alpha value is -1.46. The molecule has 0 saturated carbocycles. The van der Waals surface area contributed by atoms with Crippen molar-refractivity contribution >= 4 is 11.9 Å². The Labute approximate surface area is 92.2 Å². The van der Waals surface area contributed by atoms with Gasteiger partial charge in [0.25, 0.3) is 5.92 Å². The van der Waals surface area contributed by atoms with Crippen LogP contribution in [0.3, 0.4) is 0 Å². The molecule has 0 aromatic rings. The molecule has 16 heavy (non-hydrogen) atoms. The standard InChI is InChI=1S/C10H14F2O4/c1-6(2)9(14)15-5-8(13)16-7(3)10(4,11)12/h7H,1,5H2,2-4H3. The molecule has 0 aliphatic heterocycles. The summed E-state index contributed by atoms with van der Waals surface area (Å²) in [6.07, 6.45) is -1.57. The Balaban J connectivity index is 4.02. The predicted molar refractivity (Wildman–Crippen MR) is 51.9 cm³/mol. The number of halogens is 2. The van der Waals surface area contributed by atoms with Gasteiger partial charge in [-0.2, -0.15) is 0 Å². The third kappa shape index (κ3) is 5.43. The molecule has 0 rings (SSSR count).